The molecule has 21 heavy (non-hydrogen) atoms. The molecule has 2 aromatic heterocycles. The van der Waals surface area contributed by atoms with E-state index >= 15 is 0 Å². The fraction of sp³-hybridized carbons (Fsp3) is 0.200. The molecule has 0 amide bonds. The van der Waals surface area contributed by atoms with Gasteiger partial charge in [-0.15, -0.1) is 5.10 Å². The molecule has 6 heteroatoms. The summed E-state index contributed by atoms with van der Waals surface area (Å²) < 4.78 is 6.91. The third kappa shape index (κ3) is 2.84. The van der Waals surface area contributed by atoms with E-state index in [0.29, 0.717) is 18.2 Å². The molecule has 0 spiro atoms. The van der Waals surface area contributed by atoms with Gasteiger partial charge in [0.2, 0.25) is 0 Å². The number of benzene rings is 1. The molecule has 0 atom stereocenters. The summed E-state index contributed by atoms with van der Waals surface area (Å²) in [5.41, 5.74) is 1.89. The fourth-order valence-corrected chi connectivity index (χ4v) is 2.27. The highest BCUT2D eigenvalue weighted by molar-refractivity contribution is 6.30. The summed E-state index contributed by atoms with van der Waals surface area (Å²) in [6.07, 6.45) is 3.57. The van der Waals surface area contributed by atoms with Crippen LogP contribution in [-0.4, -0.2) is 35.0 Å². The van der Waals surface area contributed by atoms with E-state index in [1.807, 2.05) is 35.0 Å². The lowest BCUT2D eigenvalue weighted by atomic mass is 10.3. The number of rotatable bonds is 5. The summed E-state index contributed by atoms with van der Waals surface area (Å²) in [5, 5.41) is 9.63. The zero-order valence-electron chi connectivity index (χ0n) is 11.6. The van der Waals surface area contributed by atoms with Crippen LogP contribution >= 0.6 is 11.6 Å². The lowest BCUT2D eigenvalue weighted by Crippen LogP contribution is -2.08. The first-order chi connectivity index (χ1) is 10.3. The van der Waals surface area contributed by atoms with Gasteiger partial charge in [-0.05, 0) is 30.3 Å². The number of fused-ring (bicyclic) bond motifs is 1. The van der Waals surface area contributed by atoms with Crippen LogP contribution in [0.15, 0.2) is 42.7 Å². The molecule has 3 aromatic rings. The topological polar surface area (TPSA) is 52.0 Å². The van der Waals surface area contributed by atoms with E-state index in [9.17, 15) is 0 Å². The van der Waals surface area contributed by atoms with Crippen LogP contribution in [0.4, 0.5) is 5.82 Å². The normalized spacial score (nSPS) is 11.0. The molecular formula is C15H15ClN4O. The fourth-order valence-electron chi connectivity index (χ4n) is 2.14. The van der Waals surface area contributed by atoms with E-state index in [1.165, 1.54) is 0 Å². The maximum absolute atomic E-state index is 5.94. The standard InChI is InChI=1S/C15H15ClN4O/c1-21-9-8-18-15-13-6-7-17-10-14(13)20(19-15)12-4-2-11(16)3-5-12/h2-7,10H,8-9H2,1H3,(H,18,19). The molecule has 1 N–H and O–H groups in total. The Balaban J connectivity index is 2.04. The average molecular weight is 303 g/mol. The van der Waals surface area contributed by atoms with E-state index in [1.54, 1.807) is 19.5 Å². The van der Waals surface area contributed by atoms with Crippen LogP contribution in [0.3, 0.4) is 0 Å². The van der Waals surface area contributed by atoms with E-state index in [0.717, 1.165) is 22.4 Å². The van der Waals surface area contributed by atoms with Crippen molar-refractivity contribution in [2.75, 3.05) is 25.6 Å². The number of ether oxygens (including phenoxy) is 1. The molecule has 0 bridgehead atoms. The lowest BCUT2D eigenvalue weighted by Gasteiger charge is -2.03. The summed E-state index contributed by atoms with van der Waals surface area (Å²) in [7, 11) is 1.68. The van der Waals surface area contributed by atoms with Crippen molar-refractivity contribution in [3.63, 3.8) is 0 Å². The van der Waals surface area contributed by atoms with E-state index in [4.69, 9.17) is 16.3 Å². The summed E-state index contributed by atoms with van der Waals surface area (Å²) in [5.74, 6) is 0.819. The quantitative estimate of drug-likeness (QED) is 0.736. The second-order valence-electron chi connectivity index (χ2n) is 4.55. The second kappa shape index (κ2) is 6.11. The summed E-state index contributed by atoms with van der Waals surface area (Å²) >= 11 is 5.94. The number of methoxy groups -OCH3 is 1. The van der Waals surface area contributed by atoms with Crippen LogP contribution in [0.1, 0.15) is 0 Å². The molecule has 108 valence electrons. The summed E-state index contributed by atoms with van der Waals surface area (Å²) in [6, 6.07) is 9.50. The van der Waals surface area contributed by atoms with Crippen LogP contribution in [-0.2, 0) is 4.74 Å². The average Bonchev–Trinajstić information content (AvgIpc) is 2.88. The van der Waals surface area contributed by atoms with Crippen molar-refractivity contribution in [1.29, 1.82) is 0 Å². The maximum atomic E-state index is 5.94. The molecule has 0 unspecified atom stereocenters. The Bertz CT molecular complexity index is 739. The van der Waals surface area contributed by atoms with Gasteiger partial charge < -0.3 is 10.1 Å². The first kappa shape index (κ1) is 13.9. The highest BCUT2D eigenvalue weighted by atomic mass is 35.5. The third-order valence-corrected chi connectivity index (χ3v) is 3.41. The van der Waals surface area contributed by atoms with Gasteiger partial charge in [0.1, 0.15) is 0 Å². The maximum Gasteiger partial charge on any atom is 0.156 e. The first-order valence-corrected chi connectivity index (χ1v) is 6.99. The molecule has 5 nitrogen and oxygen atoms in total. The number of nitrogens with one attached hydrogen (secondary N) is 1. The Morgan fingerprint density at radius 2 is 2.05 bits per heavy atom. The van der Waals surface area contributed by atoms with Gasteiger partial charge in [0, 0.05) is 30.3 Å². The van der Waals surface area contributed by atoms with Crippen molar-refractivity contribution in [1.82, 2.24) is 14.8 Å². The first-order valence-electron chi connectivity index (χ1n) is 6.61. The Hall–Kier alpha value is -2.11. The van der Waals surface area contributed by atoms with Crippen LogP contribution < -0.4 is 5.32 Å². The summed E-state index contributed by atoms with van der Waals surface area (Å²) in [6.45, 7) is 1.33. The number of halogens is 1. The minimum atomic E-state index is 0.625. The molecule has 0 radical (unpaired) electrons. The summed E-state index contributed by atoms with van der Waals surface area (Å²) in [4.78, 5) is 4.19. The number of hydrogen-bond donors (Lipinski definition) is 1. The highest BCUT2D eigenvalue weighted by Crippen LogP contribution is 2.25. The Kier molecular flexibility index (Phi) is 4.03. The van der Waals surface area contributed by atoms with Crippen LogP contribution in [0.5, 0.6) is 0 Å². The second-order valence-corrected chi connectivity index (χ2v) is 4.99. The number of hydrogen-bond acceptors (Lipinski definition) is 4. The lowest BCUT2D eigenvalue weighted by molar-refractivity contribution is 0.210. The minimum absolute atomic E-state index is 0.625. The smallest absolute Gasteiger partial charge is 0.156 e. The monoisotopic (exact) mass is 302 g/mol. The Morgan fingerprint density at radius 3 is 2.81 bits per heavy atom. The molecule has 0 saturated heterocycles. The molecule has 0 saturated carbocycles. The van der Waals surface area contributed by atoms with Crippen LogP contribution in [0.25, 0.3) is 16.6 Å². The minimum Gasteiger partial charge on any atom is -0.383 e. The van der Waals surface area contributed by atoms with E-state index in [-0.39, 0.29) is 0 Å². The molecule has 0 aliphatic heterocycles. The number of nitrogens with zero attached hydrogens (tertiary/aromatic N) is 3. The SMILES string of the molecule is COCCNc1nn(-c2ccc(Cl)cc2)c2cnccc12. The van der Waals surface area contributed by atoms with Gasteiger partial charge in [0.05, 0.1) is 24.0 Å². The van der Waals surface area contributed by atoms with Gasteiger partial charge in [-0.3, -0.25) is 4.98 Å². The molecule has 1 aromatic carbocycles. The van der Waals surface area contributed by atoms with Gasteiger partial charge in [0.15, 0.2) is 5.82 Å². The van der Waals surface area contributed by atoms with Crippen molar-refractivity contribution in [2.24, 2.45) is 0 Å². The molecule has 2 heterocycles. The van der Waals surface area contributed by atoms with Crippen molar-refractivity contribution in [2.45, 2.75) is 0 Å². The highest BCUT2D eigenvalue weighted by Gasteiger charge is 2.11. The van der Waals surface area contributed by atoms with E-state index in [2.05, 4.69) is 15.4 Å². The van der Waals surface area contributed by atoms with Gasteiger partial charge in [-0.1, -0.05) is 11.6 Å². The van der Waals surface area contributed by atoms with Crippen molar-refractivity contribution >= 4 is 28.3 Å². The van der Waals surface area contributed by atoms with E-state index < -0.39 is 0 Å². The van der Waals surface area contributed by atoms with Gasteiger partial charge >= 0.3 is 0 Å². The zero-order chi connectivity index (χ0) is 14.7. The molecule has 0 aliphatic rings. The van der Waals surface area contributed by atoms with Crippen LogP contribution in [0.2, 0.25) is 5.02 Å². The Labute approximate surface area is 127 Å². The zero-order valence-corrected chi connectivity index (χ0v) is 12.3. The molecular weight excluding hydrogens is 288 g/mol. The van der Waals surface area contributed by atoms with Crippen molar-refractivity contribution < 1.29 is 4.74 Å². The number of aromatic nitrogens is 3. The van der Waals surface area contributed by atoms with Gasteiger partial charge in [-0.25, -0.2) is 4.68 Å². The van der Waals surface area contributed by atoms with Gasteiger partial charge in [-0.2, -0.15) is 0 Å². The Morgan fingerprint density at radius 1 is 1.24 bits per heavy atom. The van der Waals surface area contributed by atoms with Gasteiger partial charge in [0.25, 0.3) is 0 Å². The number of pyridine rings is 1. The van der Waals surface area contributed by atoms with Crippen molar-refractivity contribution in [3.8, 4) is 5.69 Å². The predicted octanol–water partition coefficient (Wildman–Crippen LogP) is 3.13. The molecule has 0 aliphatic carbocycles. The largest absolute Gasteiger partial charge is 0.383 e. The molecule has 3 rings (SSSR count). The molecule has 0 fully saturated rings. The van der Waals surface area contributed by atoms with Crippen LogP contribution in [0, 0.1) is 0 Å². The van der Waals surface area contributed by atoms with Crippen molar-refractivity contribution in [3.05, 3.63) is 47.7 Å². The predicted molar refractivity (Wildman–Crippen MR) is 84.2 cm³/mol. The number of anilines is 1. The third-order valence-electron chi connectivity index (χ3n) is 3.15.